The van der Waals surface area contributed by atoms with E-state index in [2.05, 4.69) is 13.8 Å². The highest BCUT2D eigenvalue weighted by Gasteiger charge is 2.62. The Kier molecular flexibility index (Phi) is 3.78. The Labute approximate surface area is 145 Å². The van der Waals surface area contributed by atoms with Gasteiger partial charge in [0.15, 0.2) is 5.78 Å². The molecule has 0 amide bonds. The van der Waals surface area contributed by atoms with Crippen molar-refractivity contribution in [1.29, 1.82) is 0 Å². The van der Waals surface area contributed by atoms with Crippen LogP contribution in [0.5, 0.6) is 0 Å². The Morgan fingerprint density at radius 1 is 1.21 bits per heavy atom. The van der Waals surface area contributed by atoms with Crippen LogP contribution in [0.3, 0.4) is 0 Å². The Hall–Kier alpha value is -0.670. The van der Waals surface area contributed by atoms with Crippen LogP contribution in [0, 0.1) is 34.5 Å². The van der Waals surface area contributed by atoms with Gasteiger partial charge in [0.25, 0.3) is 0 Å². The Morgan fingerprint density at radius 2 is 1.96 bits per heavy atom. The van der Waals surface area contributed by atoms with Crippen molar-refractivity contribution in [2.75, 3.05) is 0 Å². The van der Waals surface area contributed by atoms with E-state index in [0.717, 1.165) is 32.1 Å². The summed E-state index contributed by atoms with van der Waals surface area (Å²) in [5, 5.41) is 21.2. The highest BCUT2D eigenvalue weighted by Crippen LogP contribution is 2.66. The fraction of sp³-hybridized carbons (Fsp3) is 0.857. The maximum absolute atomic E-state index is 11.9. The molecule has 0 spiro atoms. The highest BCUT2D eigenvalue weighted by atomic mass is 16.3. The van der Waals surface area contributed by atoms with E-state index >= 15 is 0 Å². The van der Waals surface area contributed by atoms with Crippen LogP contribution in [0.15, 0.2) is 11.6 Å². The molecule has 24 heavy (non-hydrogen) atoms. The SMILES string of the molecule is C[C@@H](O)[C@H]1C[C@H](O)[C@H]2[C@@H]3CCC4=CC(=O)CC[C@]4(C)[C@H]3CC[C@@]21C. The first-order chi connectivity index (χ1) is 11.3. The van der Waals surface area contributed by atoms with Gasteiger partial charge in [0.2, 0.25) is 0 Å². The van der Waals surface area contributed by atoms with Crippen molar-refractivity contribution >= 4 is 5.78 Å². The predicted molar refractivity (Wildman–Crippen MR) is 93.3 cm³/mol. The van der Waals surface area contributed by atoms with E-state index in [1.165, 1.54) is 12.0 Å². The summed E-state index contributed by atoms with van der Waals surface area (Å²) in [7, 11) is 0. The molecule has 4 aliphatic rings. The topological polar surface area (TPSA) is 57.5 Å². The second-order valence-electron chi connectivity index (χ2n) is 9.58. The minimum Gasteiger partial charge on any atom is -0.393 e. The lowest BCUT2D eigenvalue weighted by Gasteiger charge is -2.58. The summed E-state index contributed by atoms with van der Waals surface area (Å²) in [5.74, 6) is 1.96. The third kappa shape index (κ3) is 2.13. The second-order valence-corrected chi connectivity index (χ2v) is 9.58. The van der Waals surface area contributed by atoms with Gasteiger partial charge in [0.05, 0.1) is 12.2 Å². The molecule has 3 fully saturated rings. The Bertz CT molecular complexity index is 580. The van der Waals surface area contributed by atoms with Crippen molar-refractivity contribution in [3.05, 3.63) is 11.6 Å². The fourth-order valence-corrected chi connectivity index (χ4v) is 7.42. The molecule has 0 aliphatic heterocycles. The second kappa shape index (κ2) is 5.41. The van der Waals surface area contributed by atoms with E-state index in [4.69, 9.17) is 0 Å². The number of aliphatic hydroxyl groups excluding tert-OH is 2. The van der Waals surface area contributed by atoms with E-state index in [0.29, 0.717) is 30.0 Å². The minimum absolute atomic E-state index is 0.0663. The highest BCUT2D eigenvalue weighted by molar-refractivity contribution is 5.91. The van der Waals surface area contributed by atoms with E-state index in [1.807, 2.05) is 13.0 Å². The zero-order chi connectivity index (χ0) is 17.3. The van der Waals surface area contributed by atoms with E-state index < -0.39 is 0 Å². The van der Waals surface area contributed by atoms with E-state index in [9.17, 15) is 15.0 Å². The number of fused-ring (bicyclic) bond motifs is 5. The zero-order valence-corrected chi connectivity index (χ0v) is 15.3. The van der Waals surface area contributed by atoms with Crippen LogP contribution in [0.4, 0.5) is 0 Å². The molecule has 0 aromatic carbocycles. The van der Waals surface area contributed by atoms with Crippen LogP contribution in [0.1, 0.15) is 65.7 Å². The molecular weight excluding hydrogens is 300 g/mol. The van der Waals surface area contributed by atoms with Crippen molar-refractivity contribution < 1.29 is 15.0 Å². The van der Waals surface area contributed by atoms with Gasteiger partial charge in [-0.05, 0) is 86.0 Å². The summed E-state index contributed by atoms with van der Waals surface area (Å²) >= 11 is 0. The largest absolute Gasteiger partial charge is 0.393 e. The molecular formula is C21H32O3. The zero-order valence-electron chi connectivity index (χ0n) is 15.3. The monoisotopic (exact) mass is 332 g/mol. The summed E-state index contributed by atoms with van der Waals surface area (Å²) in [6.07, 6.45) is 8.14. The number of carbonyl (C=O) groups excluding carboxylic acids is 1. The summed E-state index contributed by atoms with van der Waals surface area (Å²) in [5.41, 5.74) is 1.60. The lowest BCUT2D eigenvalue weighted by molar-refractivity contribution is -0.119. The minimum atomic E-state index is -0.340. The molecule has 0 unspecified atom stereocenters. The van der Waals surface area contributed by atoms with Crippen LogP contribution in [-0.2, 0) is 4.79 Å². The number of hydrogen-bond acceptors (Lipinski definition) is 3. The number of carbonyl (C=O) groups is 1. The predicted octanol–water partition coefficient (Wildman–Crippen LogP) is 3.49. The molecule has 3 nitrogen and oxygen atoms in total. The number of hydrogen-bond donors (Lipinski definition) is 2. The molecule has 8 atom stereocenters. The van der Waals surface area contributed by atoms with Crippen LogP contribution in [0.25, 0.3) is 0 Å². The van der Waals surface area contributed by atoms with Gasteiger partial charge in [-0.25, -0.2) is 0 Å². The van der Waals surface area contributed by atoms with Crippen molar-refractivity contribution in [1.82, 2.24) is 0 Å². The van der Waals surface area contributed by atoms with Crippen LogP contribution in [-0.4, -0.2) is 28.2 Å². The van der Waals surface area contributed by atoms with Gasteiger partial charge in [0, 0.05) is 6.42 Å². The summed E-state index contributed by atoms with van der Waals surface area (Å²) in [6.45, 7) is 6.59. The molecule has 0 bridgehead atoms. The first-order valence-corrected chi connectivity index (χ1v) is 9.87. The maximum atomic E-state index is 11.9. The Balaban J connectivity index is 1.69. The lowest BCUT2D eigenvalue weighted by Crippen LogP contribution is -2.52. The third-order valence-electron chi connectivity index (χ3n) is 8.60. The summed E-state index contributed by atoms with van der Waals surface area (Å²) in [6, 6.07) is 0. The molecule has 0 heterocycles. The number of ketones is 1. The molecule has 0 radical (unpaired) electrons. The molecule has 0 aromatic rings. The molecule has 3 saturated carbocycles. The summed E-state index contributed by atoms with van der Waals surface area (Å²) in [4.78, 5) is 11.9. The van der Waals surface area contributed by atoms with Gasteiger partial charge >= 0.3 is 0 Å². The van der Waals surface area contributed by atoms with Crippen LogP contribution < -0.4 is 0 Å². The molecule has 134 valence electrons. The van der Waals surface area contributed by atoms with Crippen molar-refractivity contribution in [2.24, 2.45) is 34.5 Å². The number of rotatable bonds is 1. The van der Waals surface area contributed by atoms with Crippen LogP contribution >= 0.6 is 0 Å². The summed E-state index contributed by atoms with van der Waals surface area (Å²) < 4.78 is 0. The van der Waals surface area contributed by atoms with Crippen LogP contribution in [0.2, 0.25) is 0 Å². The Morgan fingerprint density at radius 3 is 2.67 bits per heavy atom. The van der Waals surface area contributed by atoms with Crippen molar-refractivity contribution in [3.63, 3.8) is 0 Å². The van der Waals surface area contributed by atoms with E-state index in [1.54, 1.807) is 0 Å². The standard InChI is InChI=1S/C21H32O3/c1-12(22)17-11-18(24)19-15-5-4-13-10-14(23)6-8-20(13,2)16(15)7-9-21(17,19)3/h10,12,15-19,22,24H,4-9,11H2,1-3H3/t12-,15-,16+,17-,18+,19-,20+,21-/m1/s1. The first-order valence-electron chi connectivity index (χ1n) is 9.87. The van der Waals surface area contributed by atoms with Crippen molar-refractivity contribution in [2.45, 2.75) is 77.9 Å². The molecule has 0 aromatic heterocycles. The lowest BCUT2D eigenvalue weighted by atomic mass is 9.46. The van der Waals surface area contributed by atoms with Gasteiger partial charge < -0.3 is 10.2 Å². The number of aliphatic hydroxyl groups is 2. The van der Waals surface area contributed by atoms with Gasteiger partial charge in [-0.15, -0.1) is 0 Å². The van der Waals surface area contributed by atoms with Gasteiger partial charge in [-0.2, -0.15) is 0 Å². The van der Waals surface area contributed by atoms with Gasteiger partial charge in [-0.1, -0.05) is 19.4 Å². The van der Waals surface area contributed by atoms with E-state index in [-0.39, 0.29) is 29.0 Å². The molecule has 0 saturated heterocycles. The van der Waals surface area contributed by atoms with Crippen molar-refractivity contribution in [3.8, 4) is 0 Å². The fourth-order valence-electron chi connectivity index (χ4n) is 7.42. The molecule has 4 rings (SSSR count). The molecule has 3 heteroatoms. The molecule has 4 aliphatic carbocycles. The smallest absolute Gasteiger partial charge is 0.155 e. The first kappa shape index (κ1) is 16.8. The maximum Gasteiger partial charge on any atom is 0.155 e. The van der Waals surface area contributed by atoms with Gasteiger partial charge in [-0.3, -0.25) is 4.79 Å². The third-order valence-corrected chi connectivity index (χ3v) is 8.60. The van der Waals surface area contributed by atoms with Gasteiger partial charge in [0.1, 0.15) is 0 Å². The average Bonchev–Trinajstić information content (AvgIpc) is 2.80. The average molecular weight is 332 g/mol. The molecule has 2 N–H and O–H groups in total. The normalized spacial score (nSPS) is 52.1. The quantitative estimate of drug-likeness (QED) is 0.773. The number of allylic oxidation sites excluding steroid dienone is 1.